The molecule has 1 saturated carbocycles. The first-order valence-electron chi connectivity index (χ1n) is 8.46. The van der Waals surface area contributed by atoms with Crippen molar-refractivity contribution in [2.24, 2.45) is 23.5 Å². The minimum Gasteiger partial charge on any atom is -0.327 e. The summed E-state index contributed by atoms with van der Waals surface area (Å²) in [4.78, 5) is 0. The Balaban J connectivity index is 2.35. The third-order valence-electron chi connectivity index (χ3n) is 5.15. The van der Waals surface area contributed by atoms with Crippen molar-refractivity contribution in [3.8, 4) is 0 Å². The Morgan fingerprint density at radius 2 is 1.94 bits per heavy atom. The van der Waals surface area contributed by atoms with Crippen LogP contribution in [0.25, 0.3) is 0 Å². The molecule has 0 amide bonds. The molecule has 0 spiro atoms. The second-order valence-corrected chi connectivity index (χ2v) is 6.52. The minimum absolute atomic E-state index is 0.473. The molecular formula is C17H35N. The van der Waals surface area contributed by atoms with Crippen LogP contribution in [-0.2, 0) is 0 Å². The maximum absolute atomic E-state index is 6.51. The molecule has 1 aliphatic carbocycles. The van der Waals surface area contributed by atoms with Crippen LogP contribution in [0.5, 0.6) is 0 Å². The molecule has 1 heteroatoms. The molecule has 0 heterocycles. The van der Waals surface area contributed by atoms with Gasteiger partial charge in [0.1, 0.15) is 0 Å². The molecule has 4 unspecified atom stereocenters. The summed E-state index contributed by atoms with van der Waals surface area (Å²) in [6, 6.07) is 0.473. The number of unbranched alkanes of at least 4 members (excludes halogenated alkanes) is 1. The molecule has 1 aliphatic rings. The van der Waals surface area contributed by atoms with Crippen LogP contribution in [0.3, 0.4) is 0 Å². The zero-order valence-corrected chi connectivity index (χ0v) is 13.0. The van der Waals surface area contributed by atoms with Gasteiger partial charge in [0, 0.05) is 6.04 Å². The normalized spacial score (nSPS) is 28.0. The van der Waals surface area contributed by atoms with Gasteiger partial charge in [0.05, 0.1) is 0 Å². The molecule has 0 aromatic rings. The molecule has 108 valence electrons. The average Bonchev–Trinajstić information content (AvgIpc) is 2.43. The Labute approximate surface area is 115 Å². The molecule has 0 aliphatic heterocycles. The van der Waals surface area contributed by atoms with Crippen LogP contribution in [0.15, 0.2) is 0 Å². The first-order chi connectivity index (χ1) is 8.71. The lowest BCUT2D eigenvalue weighted by Gasteiger charge is -2.34. The van der Waals surface area contributed by atoms with Gasteiger partial charge in [-0.3, -0.25) is 0 Å². The van der Waals surface area contributed by atoms with Crippen LogP contribution in [-0.4, -0.2) is 6.04 Å². The monoisotopic (exact) mass is 253 g/mol. The highest BCUT2D eigenvalue weighted by molar-refractivity contribution is 4.81. The molecule has 0 bridgehead atoms. The van der Waals surface area contributed by atoms with Crippen LogP contribution < -0.4 is 5.73 Å². The number of hydrogen-bond acceptors (Lipinski definition) is 1. The second kappa shape index (κ2) is 8.96. The van der Waals surface area contributed by atoms with Gasteiger partial charge in [-0.15, -0.1) is 0 Å². The molecule has 0 radical (unpaired) electrons. The SMILES string of the molecule is CCCCC(CC)CC(N)C1CCCC(CC)C1. The first-order valence-corrected chi connectivity index (χ1v) is 8.46. The molecule has 1 fully saturated rings. The van der Waals surface area contributed by atoms with Gasteiger partial charge in [-0.05, 0) is 37.0 Å². The van der Waals surface area contributed by atoms with E-state index in [4.69, 9.17) is 5.73 Å². The molecule has 4 atom stereocenters. The molecular weight excluding hydrogens is 218 g/mol. The summed E-state index contributed by atoms with van der Waals surface area (Å²) in [5.41, 5.74) is 6.51. The van der Waals surface area contributed by atoms with Crippen LogP contribution in [0.4, 0.5) is 0 Å². The van der Waals surface area contributed by atoms with Gasteiger partial charge in [0.2, 0.25) is 0 Å². The van der Waals surface area contributed by atoms with Gasteiger partial charge in [-0.1, -0.05) is 65.7 Å². The number of hydrogen-bond donors (Lipinski definition) is 1. The van der Waals surface area contributed by atoms with E-state index in [-0.39, 0.29) is 0 Å². The van der Waals surface area contributed by atoms with E-state index < -0.39 is 0 Å². The van der Waals surface area contributed by atoms with Crippen LogP contribution in [0, 0.1) is 17.8 Å². The van der Waals surface area contributed by atoms with E-state index in [1.165, 1.54) is 64.2 Å². The second-order valence-electron chi connectivity index (χ2n) is 6.52. The molecule has 0 saturated heterocycles. The Morgan fingerprint density at radius 3 is 2.56 bits per heavy atom. The van der Waals surface area contributed by atoms with Crippen molar-refractivity contribution < 1.29 is 0 Å². The van der Waals surface area contributed by atoms with Gasteiger partial charge in [0.25, 0.3) is 0 Å². The zero-order chi connectivity index (χ0) is 13.4. The lowest BCUT2D eigenvalue weighted by molar-refractivity contribution is 0.207. The number of rotatable bonds is 8. The standard InChI is InChI=1S/C17H35N/c1-4-7-9-15(6-3)13-17(18)16-11-8-10-14(5-2)12-16/h14-17H,4-13,18H2,1-3H3. The molecule has 0 aromatic heterocycles. The number of nitrogens with two attached hydrogens (primary N) is 1. The quantitative estimate of drug-likeness (QED) is 0.637. The van der Waals surface area contributed by atoms with E-state index in [0.29, 0.717) is 6.04 Å². The van der Waals surface area contributed by atoms with Gasteiger partial charge in [-0.2, -0.15) is 0 Å². The van der Waals surface area contributed by atoms with Crippen molar-refractivity contribution in [2.75, 3.05) is 0 Å². The summed E-state index contributed by atoms with van der Waals surface area (Å²) in [5.74, 6) is 2.66. The molecule has 18 heavy (non-hydrogen) atoms. The van der Waals surface area contributed by atoms with Gasteiger partial charge in [-0.25, -0.2) is 0 Å². The third-order valence-corrected chi connectivity index (χ3v) is 5.15. The summed E-state index contributed by atoms with van der Waals surface area (Å²) in [6.45, 7) is 6.97. The van der Waals surface area contributed by atoms with Crippen LogP contribution >= 0.6 is 0 Å². The van der Waals surface area contributed by atoms with E-state index in [9.17, 15) is 0 Å². The van der Waals surface area contributed by atoms with Crippen molar-refractivity contribution in [3.05, 3.63) is 0 Å². The summed E-state index contributed by atoms with van der Waals surface area (Å²) >= 11 is 0. The van der Waals surface area contributed by atoms with E-state index in [1.54, 1.807) is 0 Å². The predicted molar refractivity (Wildman–Crippen MR) is 81.6 cm³/mol. The first kappa shape index (κ1) is 16.0. The molecule has 1 rings (SSSR count). The van der Waals surface area contributed by atoms with Crippen molar-refractivity contribution in [1.82, 2.24) is 0 Å². The lowest BCUT2D eigenvalue weighted by atomic mass is 9.74. The fraction of sp³-hybridized carbons (Fsp3) is 1.00. The van der Waals surface area contributed by atoms with E-state index in [2.05, 4.69) is 20.8 Å². The minimum atomic E-state index is 0.473. The Hall–Kier alpha value is -0.0400. The highest BCUT2D eigenvalue weighted by Gasteiger charge is 2.26. The van der Waals surface area contributed by atoms with Crippen molar-refractivity contribution >= 4 is 0 Å². The Bertz CT molecular complexity index is 202. The topological polar surface area (TPSA) is 26.0 Å². The summed E-state index contributed by atoms with van der Waals surface area (Å²) in [7, 11) is 0. The predicted octanol–water partition coefficient (Wildman–Crippen LogP) is 5.14. The fourth-order valence-corrected chi connectivity index (χ4v) is 3.65. The van der Waals surface area contributed by atoms with Crippen molar-refractivity contribution in [2.45, 2.75) is 91.0 Å². The smallest absolute Gasteiger partial charge is 0.00698 e. The fourth-order valence-electron chi connectivity index (χ4n) is 3.65. The summed E-state index contributed by atoms with van der Waals surface area (Å²) in [6.07, 6.45) is 13.7. The summed E-state index contributed by atoms with van der Waals surface area (Å²) < 4.78 is 0. The van der Waals surface area contributed by atoms with Crippen molar-refractivity contribution in [3.63, 3.8) is 0 Å². The maximum Gasteiger partial charge on any atom is 0.00698 e. The average molecular weight is 253 g/mol. The van der Waals surface area contributed by atoms with E-state index in [1.807, 2.05) is 0 Å². The third kappa shape index (κ3) is 5.30. The molecule has 1 nitrogen and oxygen atoms in total. The van der Waals surface area contributed by atoms with Gasteiger partial charge < -0.3 is 5.73 Å². The highest BCUT2D eigenvalue weighted by atomic mass is 14.7. The summed E-state index contributed by atoms with van der Waals surface area (Å²) in [5, 5.41) is 0. The van der Waals surface area contributed by atoms with Crippen LogP contribution in [0.1, 0.15) is 85.0 Å². The molecule has 2 N–H and O–H groups in total. The zero-order valence-electron chi connectivity index (χ0n) is 13.0. The lowest BCUT2D eigenvalue weighted by Crippen LogP contribution is -2.35. The van der Waals surface area contributed by atoms with E-state index >= 15 is 0 Å². The van der Waals surface area contributed by atoms with Gasteiger partial charge in [0.15, 0.2) is 0 Å². The van der Waals surface area contributed by atoms with E-state index in [0.717, 1.165) is 17.8 Å². The van der Waals surface area contributed by atoms with Gasteiger partial charge >= 0.3 is 0 Å². The molecule has 0 aromatic carbocycles. The largest absolute Gasteiger partial charge is 0.327 e. The maximum atomic E-state index is 6.51. The van der Waals surface area contributed by atoms with Crippen LogP contribution in [0.2, 0.25) is 0 Å². The van der Waals surface area contributed by atoms with Crippen molar-refractivity contribution in [1.29, 1.82) is 0 Å². The Kier molecular flexibility index (Phi) is 7.97. The Morgan fingerprint density at radius 1 is 1.17 bits per heavy atom. The highest BCUT2D eigenvalue weighted by Crippen LogP contribution is 2.34.